The maximum Gasteiger partial charge on any atom is 0.222 e. The molecule has 2 atom stereocenters. The summed E-state index contributed by atoms with van der Waals surface area (Å²) in [4.78, 5) is 29.0. The van der Waals surface area contributed by atoms with Crippen LogP contribution >= 0.6 is 0 Å². The first kappa shape index (κ1) is 17.0. The van der Waals surface area contributed by atoms with Gasteiger partial charge in [0, 0.05) is 45.4 Å². The molecule has 0 aliphatic carbocycles. The molecule has 1 aromatic heterocycles. The fraction of sp³-hybridized carbons (Fsp3) is 0.722. The molecule has 0 bridgehead atoms. The monoisotopic (exact) mass is 332 g/mol. The average Bonchev–Trinajstić information content (AvgIpc) is 3.01. The summed E-state index contributed by atoms with van der Waals surface area (Å²) in [6.45, 7) is 3.75. The number of piperidine rings is 1. The van der Waals surface area contributed by atoms with Gasteiger partial charge in [-0.05, 0) is 45.1 Å². The zero-order valence-corrected chi connectivity index (χ0v) is 14.8. The van der Waals surface area contributed by atoms with Gasteiger partial charge in [0.2, 0.25) is 11.8 Å². The zero-order valence-electron chi connectivity index (χ0n) is 14.8. The molecule has 24 heavy (non-hydrogen) atoms. The van der Waals surface area contributed by atoms with Crippen molar-refractivity contribution in [3.63, 3.8) is 0 Å². The Morgan fingerprint density at radius 1 is 1.42 bits per heavy atom. The highest BCUT2D eigenvalue weighted by Gasteiger charge is 2.48. The SMILES string of the molecule is CN1C(=O)CC[C@@H]2N(C(=O)CCCn3cccn3)CCCC[C@@]21C. The third kappa shape index (κ3) is 3.19. The molecule has 2 saturated heterocycles. The number of aryl methyl sites for hydroxylation is 1. The number of likely N-dealkylation sites (N-methyl/N-ethyl adjacent to an activating group) is 1. The number of carbonyl (C=O) groups is 2. The lowest BCUT2D eigenvalue weighted by Crippen LogP contribution is -2.64. The molecule has 0 unspecified atom stereocenters. The molecule has 2 aliphatic rings. The van der Waals surface area contributed by atoms with Crippen molar-refractivity contribution in [2.75, 3.05) is 13.6 Å². The van der Waals surface area contributed by atoms with Crippen LogP contribution in [0.4, 0.5) is 0 Å². The van der Waals surface area contributed by atoms with Crippen LogP contribution in [0.15, 0.2) is 18.5 Å². The predicted octanol–water partition coefficient (Wildman–Crippen LogP) is 2.06. The van der Waals surface area contributed by atoms with Crippen LogP contribution in [0.2, 0.25) is 0 Å². The minimum absolute atomic E-state index is 0.153. The van der Waals surface area contributed by atoms with Gasteiger partial charge in [-0.25, -0.2) is 0 Å². The second-order valence-corrected chi connectivity index (χ2v) is 7.28. The van der Waals surface area contributed by atoms with Gasteiger partial charge in [-0.1, -0.05) is 0 Å². The minimum atomic E-state index is -0.219. The normalized spacial score (nSPS) is 27.8. The van der Waals surface area contributed by atoms with Crippen molar-refractivity contribution in [1.29, 1.82) is 0 Å². The van der Waals surface area contributed by atoms with Crippen LogP contribution in [0, 0.1) is 0 Å². The summed E-state index contributed by atoms with van der Waals surface area (Å²) in [6, 6.07) is 2.05. The molecule has 0 radical (unpaired) electrons. The van der Waals surface area contributed by atoms with E-state index in [-0.39, 0.29) is 23.4 Å². The fourth-order valence-electron chi connectivity index (χ4n) is 4.26. The summed E-state index contributed by atoms with van der Waals surface area (Å²) in [6.07, 6.45) is 9.46. The van der Waals surface area contributed by atoms with E-state index in [0.717, 1.165) is 45.2 Å². The van der Waals surface area contributed by atoms with E-state index in [4.69, 9.17) is 0 Å². The molecule has 1 aromatic rings. The van der Waals surface area contributed by atoms with Gasteiger partial charge in [-0.2, -0.15) is 5.10 Å². The van der Waals surface area contributed by atoms with Crippen molar-refractivity contribution in [2.45, 2.75) is 70.0 Å². The molecule has 3 rings (SSSR count). The standard InChI is InChI=1S/C18H28N4O2/c1-18-10-3-4-14-22(15(18)8-9-16(23)20(18)2)17(24)7-5-12-21-13-6-11-19-21/h6,11,13,15H,3-5,7-10,12,14H2,1-2H3/t15-,18-/m0/s1. The molecule has 6 nitrogen and oxygen atoms in total. The van der Waals surface area contributed by atoms with E-state index in [1.54, 1.807) is 6.20 Å². The van der Waals surface area contributed by atoms with Crippen molar-refractivity contribution in [3.8, 4) is 0 Å². The first-order chi connectivity index (χ1) is 11.5. The molecule has 2 fully saturated rings. The van der Waals surface area contributed by atoms with Gasteiger partial charge in [0.15, 0.2) is 0 Å². The van der Waals surface area contributed by atoms with Crippen molar-refractivity contribution in [1.82, 2.24) is 19.6 Å². The Hall–Kier alpha value is -1.85. The van der Waals surface area contributed by atoms with E-state index in [1.165, 1.54) is 0 Å². The van der Waals surface area contributed by atoms with E-state index in [2.05, 4.69) is 16.9 Å². The maximum absolute atomic E-state index is 12.9. The summed E-state index contributed by atoms with van der Waals surface area (Å²) in [7, 11) is 1.90. The van der Waals surface area contributed by atoms with Gasteiger partial charge >= 0.3 is 0 Å². The molecule has 0 spiro atoms. The Balaban J connectivity index is 1.66. The fourth-order valence-corrected chi connectivity index (χ4v) is 4.26. The topological polar surface area (TPSA) is 58.4 Å². The first-order valence-electron chi connectivity index (χ1n) is 9.06. The highest BCUT2D eigenvalue weighted by molar-refractivity contribution is 5.80. The number of carbonyl (C=O) groups excluding carboxylic acids is 2. The van der Waals surface area contributed by atoms with Gasteiger partial charge in [0.25, 0.3) is 0 Å². The van der Waals surface area contributed by atoms with E-state index >= 15 is 0 Å². The number of fused-ring (bicyclic) bond motifs is 1. The Morgan fingerprint density at radius 2 is 2.25 bits per heavy atom. The molecule has 0 saturated carbocycles. The Kier molecular flexibility index (Phi) is 4.92. The van der Waals surface area contributed by atoms with E-state index in [9.17, 15) is 9.59 Å². The van der Waals surface area contributed by atoms with E-state index in [1.807, 2.05) is 28.9 Å². The van der Waals surface area contributed by atoms with Gasteiger partial charge in [-0.3, -0.25) is 14.3 Å². The van der Waals surface area contributed by atoms with Crippen LogP contribution in [0.25, 0.3) is 0 Å². The second kappa shape index (κ2) is 6.95. The number of rotatable bonds is 4. The highest BCUT2D eigenvalue weighted by Crippen LogP contribution is 2.38. The van der Waals surface area contributed by atoms with Crippen molar-refractivity contribution in [2.24, 2.45) is 0 Å². The molecular formula is C18H28N4O2. The quantitative estimate of drug-likeness (QED) is 0.848. The number of nitrogens with zero attached hydrogens (tertiary/aromatic N) is 4. The highest BCUT2D eigenvalue weighted by atomic mass is 16.2. The summed E-state index contributed by atoms with van der Waals surface area (Å²) < 4.78 is 1.87. The number of hydrogen-bond donors (Lipinski definition) is 0. The van der Waals surface area contributed by atoms with Crippen molar-refractivity contribution >= 4 is 11.8 Å². The average molecular weight is 332 g/mol. The second-order valence-electron chi connectivity index (χ2n) is 7.28. The summed E-state index contributed by atoms with van der Waals surface area (Å²) in [5.41, 5.74) is -0.219. The zero-order chi connectivity index (χ0) is 17.2. The van der Waals surface area contributed by atoms with E-state index in [0.29, 0.717) is 12.8 Å². The van der Waals surface area contributed by atoms with Crippen LogP contribution in [-0.4, -0.2) is 56.6 Å². The van der Waals surface area contributed by atoms with Crippen LogP contribution in [-0.2, 0) is 16.1 Å². The lowest BCUT2D eigenvalue weighted by atomic mass is 9.79. The molecule has 0 aromatic carbocycles. The van der Waals surface area contributed by atoms with Crippen LogP contribution in [0.1, 0.15) is 51.9 Å². The van der Waals surface area contributed by atoms with Gasteiger partial charge in [0.05, 0.1) is 11.6 Å². The molecule has 3 heterocycles. The van der Waals surface area contributed by atoms with Gasteiger partial charge in [0.1, 0.15) is 0 Å². The molecule has 2 amide bonds. The number of likely N-dealkylation sites (tertiary alicyclic amines) is 2. The van der Waals surface area contributed by atoms with Crippen molar-refractivity contribution in [3.05, 3.63) is 18.5 Å². The molecule has 6 heteroatoms. The van der Waals surface area contributed by atoms with Crippen LogP contribution in [0.5, 0.6) is 0 Å². The summed E-state index contributed by atoms with van der Waals surface area (Å²) in [5, 5.41) is 4.18. The largest absolute Gasteiger partial charge is 0.338 e. The Labute approximate surface area is 143 Å². The first-order valence-corrected chi connectivity index (χ1v) is 9.06. The number of aromatic nitrogens is 2. The molecule has 2 aliphatic heterocycles. The third-order valence-corrected chi connectivity index (χ3v) is 5.86. The maximum atomic E-state index is 12.9. The molecular weight excluding hydrogens is 304 g/mol. The number of amides is 2. The number of hydrogen-bond acceptors (Lipinski definition) is 3. The lowest BCUT2D eigenvalue weighted by Gasteiger charge is -2.51. The lowest BCUT2D eigenvalue weighted by molar-refractivity contribution is -0.150. The minimum Gasteiger partial charge on any atom is -0.338 e. The Bertz CT molecular complexity index is 586. The summed E-state index contributed by atoms with van der Waals surface area (Å²) in [5.74, 6) is 0.435. The predicted molar refractivity (Wildman–Crippen MR) is 91.2 cm³/mol. The van der Waals surface area contributed by atoms with Gasteiger partial charge < -0.3 is 9.80 Å². The van der Waals surface area contributed by atoms with Gasteiger partial charge in [-0.15, -0.1) is 0 Å². The van der Waals surface area contributed by atoms with Crippen LogP contribution in [0.3, 0.4) is 0 Å². The van der Waals surface area contributed by atoms with Crippen LogP contribution < -0.4 is 0 Å². The third-order valence-electron chi connectivity index (χ3n) is 5.86. The van der Waals surface area contributed by atoms with Crippen molar-refractivity contribution < 1.29 is 9.59 Å². The van der Waals surface area contributed by atoms with E-state index < -0.39 is 0 Å². The molecule has 132 valence electrons. The Morgan fingerprint density at radius 3 is 3.00 bits per heavy atom. The smallest absolute Gasteiger partial charge is 0.222 e. The molecule has 0 N–H and O–H groups in total. The summed E-state index contributed by atoms with van der Waals surface area (Å²) >= 11 is 0.